The van der Waals surface area contributed by atoms with Gasteiger partial charge in [0.05, 0.1) is 13.2 Å². The number of hydrogen-bond donors (Lipinski definition) is 2. The zero-order chi connectivity index (χ0) is 23.5. The molecule has 8 heteroatoms. The van der Waals surface area contributed by atoms with Gasteiger partial charge in [-0.05, 0) is 52.4 Å². The van der Waals surface area contributed by atoms with Crippen LogP contribution in [0, 0.1) is 5.92 Å². The number of nitrogens with one attached hydrogen (secondary N) is 2. The molecule has 2 N–H and O–H groups in total. The van der Waals surface area contributed by atoms with Crippen LogP contribution in [0.2, 0.25) is 0 Å². The van der Waals surface area contributed by atoms with Gasteiger partial charge >= 0.3 is 0 Å². The molecule has 0 aromatic rings. The van der Waals surface area contributed by atoms with Gasteiger partial charge in [0.2, 0.25) is 11.8 Å². The van der Waals surface area contributed by atoms with Crippen molar-refractivity contribution in [3.63, 3.8) is 0 Å². The van der Waals surface area contributed by atoms with E-state index in [-0.39, 0.29) is 35.7 Å². The van der Waals surface area contributed by atoms with Gasteiger partial charge in [-0.2, -0.15) is 0 Å². The highest BCUT2D eigenvalue weighted by molar-refractivity contribution is 5.82. The number of likely N-dealkylation sites (tertiary alicyclic amines) is 1. The summed E-state index contributed by atoms with van der Waals surface area (Å²) in [7, 11) is 0. The van der Waals surface area contributed by atoms with E-state index in [2.05, 4.69) is 23.8 Å². The fourth-order valence-corrected chi connectivity index (χ4v) is 4.21. The number of ether oxygens (including phenoxy) is 2. The van der Waals surface area contributed by atoms with E-state index in [1.54, 1.807) is 30.9 Å². The van der Waals surface area contributed by atoms with E-state index >= 15 is 0 Å². The maximum Gasteiger partial charge on any atom is 0.251 e. The Labute approximate surface area is 191 Å². The predicted octanol–water partition coefficient (Wildman–Crippen LogP) is 1.95. The molecule has 2 rings (SSSR count). The molecule has 0 aromatic carbocycles. The molecule has 1 saturated heterocycles. The van der Waals surface area contributed by atoms with Crippen molar-refractivity contribution in [2.24, 2.45) is 5.92 Å². The first kappa shape index (κ1) is 26.1. The standard InChI is InChI=1S/C24H39N3O5/c1-5-15-31-17(3)22(28)25-20-7-9-21(10-8-20)26-23(29)19-11-13-27(14-12-19)24(30)18(4)32-16-6-2/h5-6,17-21H,1-2,7-16H2,3-4H3,(H,25,28)(H,26,29)/t17-,18+,20?,21?/m0/s1. The zero-order valence-electron chi connectivity index (χ0n) is 19.5. The van der Waals surface area contributed by atoms with Gasteiger partial charge in [-0.15, -0.1) is 13.2 Å². The molecule has 0 spiro atoms. The van der Waals surface area contributed by atoms with Crippen LogP contribution in [0.3, 0.4) is 0 Å². The highest BCUT2D eigenvalue weighted by Crippen LogP contribution is 2.22. The Balaban J connectivity index is 1.67. The molecule has 0 aromatic heterocycles. The summed E-state index contributed by atoms with van der Waals surface area (Å²) in [6.45, 7) is 12.5. The molecule has 2 atom stereocenters. The van der Waals surface area contributed by atoms with Gasteiger partial charge in [0, 0.05) is 31.1 Å². The van der Waals surface area contributed by atoms with Crippen LogP contribution in [-0.4, -0.2) is 73.2 Å². The molecule has 32 heavy (non-hydrogen) atoms. The van der Waals surface area contributed by atoms with Crippen LogP contribution in [0.4, 0.5) is 0 Å². The molecule has 1 heterocycles. The average Bonchev–Trinajstić information content (AvgIpc) is 2.81. The van der Waals surface area contributed by atoms with Gasteiger partial charge in [0.1, 0.15) is 12.2 Å². The summed E-state index contributed by atoms with van der Waals surface area (Å²) in [6, 6.07) is 0.252. The number of nitrogens with zero attached hydrogens (tertiary/aromatic N) is 1. The molecule has 0 radical (unpaired) electrons. The maximum atomic E-state index is 12.7. The summed E-state index contributed by atoms with van der Waals surface area (Å²) >= 11 is 0. The first-order valence-corrected chi connectivity index (χ1v) is 11.7. The van der Waals surface area contributed by atoms with E-state index < -0.39 is 12.2 Å². The van der Waals surface area contributed by atoms with Crippen molar-refractivity contribution in [2.45, 2.75) is 76.7 Å². The Bertz CT molecular complexity index is 652. The van der Waals surface area contributed by atoms with Crippen molar-refractivity contribution in [1.82, 2.24) is 15.5 Å². The normalized spacial score (nSPS) is 23.6. The lowest BCUT2D eigenvalue weighted by atomic mass is 9.89. The Morgan fingerprint density at radius 1 is 0.875 bits per heavy atom. The van der Waals surface area contributed by atoms with Gasteiger partial charge < -0.3 is 25.0 Å². The molecule has 8 nitrogen and oxygen atoms in total. The van der Waals surface area contributed by atoms with Gasteiger partial charge in [-0.3, -0.25) is 14.4 Å². The first-order valence-electron chi connectivity index (χ1n) is 11.7. The summed E-state index contributed by atoms with van der Waals surface area (Å²) in [5.74, 6) is -0.129. The van der Waals surface area contributed by atoms with Gasteiger partial charge in [0.15, 0.2) is 0 Å². The Morgan fingerprint density at radius 2 is 1.38 bits per heavy atom. The average molecular weight is 450 g/mol. The third-order valence-electron chi connectivity index (χ3n) is 6.24. The quantitative estimate of drug-likeness (QED) is 0.470. The molecule has 1 aliphatic carbocycles. The molecule has 1 aliphatic heterocycles. The van der Waals surface area contributed by atoms with Crippen LogP contribution in [0.25, 0.3) is 0 Å². The van der Waals surface area contributed by atoms with Crippen LogP contribution in [0.1, 0.15) is 52.4 Å². The second kappa shape index (κ2) is 13.4. The second-order valence-electron chi connectivity index (χ2n) is 8.69. The third kappa shape index (κ3) is 8.06. The summed E-state index contributed by atoms with van der Waals surface area (Å²) in [5.41, 5.74) is 0. The van der Waals surface area contributed by atoms with Crippen molar-refractivity contribution in [2.75, 3.05) is 26.3 Å². The van der Waals surface area contributed by atoms with Crippen LogP contribution in [-0.2, 0) is 23.9 Å². The van der Waals surface area contributed by atoms with E-state index in [0.29, 0.717) is 39.1 Å². The number of rotatable bonds is 11. The van der Waals surface area contributed by atoms with Crippen molar-refractivity contribution >= 4 is 17.7 Å². The lowest BCUT2D eigenvalue weighted by Gasteiger charge is -2.35. The number of piperidine rings is 1. The predicted molar refractivity (Wildman–Crippen MR) is 123 cm³/mol. The molecule has 2 aliphatic rings. The highest BCUT2D eigenvalue weighted by Gasteiger charge is 2.31. The minimum absolute atomic E-state index is 0.0321. The first-order chi connectivity index (χ1) is 15.3. The van der Waals surface area contributed by atoms with E-state index in [1.807, 2.05) is 0 Å². The summed E-state index contributed by atoms with van der Waals surface area (Å²) < 4.78 is 10.8. The number of carbonyl (C=O) groups excluding carboxylic acids is 3. The minimum Gasteiger partial charge on any atom is -0.365 e. The second-order valence-corrected chi connectivity index (χ2v) is 8.69. The van der Waals surface area contributed by atoms with Gasteiger partial charge in [0.25, 0.3) is 5.91 Å². The lowest BCUT2D eigenvalue weighted by molar-refractivity contribution is -0.144. The molecule has 3 amide bonds. The number of carbonyl (C=O) groups is 3. The van der Waals surface area contributed by atoms with Crippen LogP contribution in [0.15, 0.2) is 25.3 Å². The smallest absolute Gasteiger partial charge is 0.251 e. The highest BCUT2D eigenvalue weighted by atomic mass is 16.5. The monoisotopic (exact) mass is 449 g/mol. The molecule has 180 valence electrons. The van der Waals surface area contributed by atoms with E-state index in [1.165, 1.54) is 0 Å². The van der Waals surface area contributed by atoms with Gasteiger partial charge in [-0.1, -0.05) is 12.2 Å². The van der Waals surface area contributed by atoms with Crippen molar-refractivity contribution in [3.8, 4) is 0 Å². The van der Waals surface area contributed by atoms with Crippen molar-refractivity contribution in [1.29, 1.82) is 0 Å². The van der Waals surface area contributed by atoms with E-state index in [4.69, 9.17) is 9.47 Å². The lowest BCUT2D eigenvalue weighted by Crippen LogP contribution is -2.49. The fraction of sp³-hybridized carbons (Fsp3) is 0.708. The van der Waals surface area contributed by atoms with Crippen LogP contribution < -0.4 is 10.6 Å². The SMILES string of the molecule is C=CCO[C@@H](C)C(=O)NC1CCC(NC(=O)C2CCN(C(=O)[C@@H](C)OCC=C)CC2)CC1. The minimum atomic E-state index is -0.500. The Hall–Kier alpha value is -2.19. The molecule has 0 bridgehead atoms. The topological polar surface area (TPSA) is 97.0 Å². The molecule has 1 saturated carbocycles. The summed E-state index contributed by atoms with van der Waals surface area (Å²) in [5, 5.41) is 6.22. The van der Waals surface area contributed by atoms with Gasteiger partial charge in [-0.25, -0.2) is 0 Å². The fourth-order valence-electron chi connectivity index (χ4n) is 4.21. The summed E-state index contributed by atoms with van der Waals surface area (Å²) in [6.07, 6.45) is 6.94. The molecule has 0 unspecified atom stereocenters. The van der Waals surface area contributed by atoms with E-state index in [9.17, 15) is 14.4 Å². The summed E-state index contributed by atoms with van der Waals surface area (Å²) in [4.78, 5) is 39.1. The van der Waals surface area contributed by atoms with E-state index in [0.717, 1.165) is 25.7 Å². The number of amides is 3. The van der Waals surface area contributed by atoms with Crippen LogP contribution in [0.5, 0.6) is 0 Å². The Kier molecular flexibility index (Phi) is 10.9. The van der Waals surface area contributed by atoms with Crippen molar-refractivity contribution < 1.29 is 23.9 Å². The van der Waals surface area contributed by atoms with Crippen LogP contribution >= 0.6 is 0 Å². The molecular formula is C24H39N3O5. The maximum absolute atomic E-state index is 12.7. The molecule has 2 fully saturated rings. The third-order valence-corrected chi connectivity index (χ3v) is 6.24. The van der Waals surface area contributed by atoms with Crippen molar-refractivity contribution in [3.05, 3.63) is 25.3 Å². The largest absolute Gasteiger partial charge is 0.365 e. The molecular weight excluding hydrogens is 410 g/mol. The Morgan fingerprint density at radius 3 is 1.91 bits per heavy atom. The number of hydrogen-bond acceptors (Lipinski definition) is 5. The zero-order valence-corrected chi connectivity index (χ0v) is 19.5.